The Morgan fingerprint density at radius 2 is 1.95 bits per heavy atom. The first-order valence-electron chi connectivity index (χ1n) is 6.66. The Balaban J connectivity index is 1.79. The third-order valence-electron chi connectivity index (χ3n) is 3.24. The van der Waals surface area contributed by atoms with E-state index < -0.39 is 0 Å². The molecule has 3 nitrogen and oxygen atoms in total. The molecule has 0 fully saturated rings. The van der Waals surface area contributed by atoms with E-state index in [1.54, 1.807) is 6.07 Å². The fourth-order valence-electron chi connectivity index (χ4n) is 2.28. The van der Waals surface area contributed by atoms with E-state index in [4.69, 9.17) is 16.3 Å². The molecule has 2 aromatic carbocycles. The van der Waals surface area contributed by atoms with Crippen molar-refractivity contribution < 1.29 is 9.13 Å². The maximum absolute atomic E-state index is 13.2. The molecule has 0 saturated heterocycles. The highest BCUT2D eigenvalue weighted by Gasteiger charge is 2.10. The first kappa shape index (κ1) is 13.9. The summed E-state index contributed by atoms with van der Waals surface area (Å²) in [4.78, 5) is 4.35. The molecule has 0 unspecified atom stereocenters. The predicted molar refractivity (Wildman–Crippen MR) is 81.2 cm³/mol. The Kier molecular flexibility index (Phi) is 4.06. The molecule has 0 radical (unpaired) electrons. The van der Waals surface area contributed by atoms with E-state index >= 15 is 0 Å². The van der Waals surface area contributed by atoms with Crippen LogP contribution in [0, 0.1) is 5.82 Å². The molecule has 0 aliphatic rings. The number of hydrogen-bond donors (Lipinski definition) is 0. The molecular formula is C16H14ClFN2O. The van der Waals surface area contributed by atoms with Crippen LogP contribution in [0.15, 0.2) is 48.5 Å². The van der Waals surface area contributed by atoms with Crippen molar-refractivity contribution in [2.75, 3.05) is 6.61 Å². The molecule has 108 valence electrons. The van der Waals surface area contributed by atoms with Crippen molar-refractivity contribution in [3.63, 3.8) is 0 Å². The number of para-hydroxylation sites is 1. The number of alkyl halides is 1. The van der Waals surface area contributed by atoms with Crippen LogP contribution in [-0.4, -0.2) is 16.2 Å². The number of rotatable bonds is 5. The van der Waals surface area contributed by atoms with Gasteiger partial charge in [-0.05, 0) is 24.3 Å². The van der Waals surface area contributed by atoms with E-state index in [2.05, 4.69) is 4.98 Å². The van der Waals surface area contributed by atoms with Gasteiger partial charge in [-0.1, -0.05) is 18.2 Å². The van der Waals surface area contributed by atoms with Crippen LogP contribution in [0.2, 0.25) is 0 Å². The lowest BCUT2D eigenvalue weighted by Gasteiger charge is -2.09. The number of fused-ring (bicyclic) bond motifs is 1. The summed E-state index contributed by atoms with van der Waals surface area (Å²) in [6.07, 6.45) is 0. The van der Waals surface area contributed by atoms with Gasteiger partial charge < -0.3 is 9.30 Å². The van der Waals surface area contributed by atoms with Gasteiger partial charge in [0.1, 0.15) is 24.0 Å². The molecule has 0 amide bonds. The van der Waals surface area contributed by atoms with Crippen molar-refractivity contribution in [3.8, 4) is 5.75 Å². The zero-order valence-electron chi connectivity index (χ0n) is 11.3. The third-order valence-corrected chi connectivity index (χ3v) is 3.47. The average molecular weight is 305 g/mol. The second-order valence-electron chi connectivity index (χ2n) is 4.61. The third kappa shape index (κ3) is 3.00. The molecule has 3 aromatic rings. The zero-order valence-corrected chi connectivity index (χ0v) is 12.1. The SMILES string of the molecule is Fc1ccc2c(c1)nc(CCl)n2CCOc1ccccc1. The molecule has 0 atom stereocenters. The summed E-state index contributed by atoms with van der Waals surface area (Å²) >= 11 is 5.92. The Bertz CT molecular complexity index is 743. The van der Waals surface area contributed by atoms with Crippen molar-refractivity contribution in [1.29, 1.82) is 0 Å². The van der Waals surface area contributed by atoms with Gasteiger partial charge in [0, 0.05) is 6.07 Å². The molecule has 0 aliphatic carbocycles. The topological polar surface area (TPSA) is 27.1 Å². The second kappa shape index (κ2) is 6.14. The highest BCUT2D eigenvalue weighted by molar-refractivity contribution is 6.16. The maximum Gasteiger partial charge on any atom is 0.125 e. The number of ether oxygens (including phenoxy) is 1. The minimum Gasteiger partial charge on any atom is -0.492 e. The summed E-state index contributed by atoms with van der Waals surface area (Å²) in [5, 5.41) is 0. The van der Waals surface area contributed by atoms with Crippen LogP contribution >= 0.6 is 11.6 Å². The van der Waals surface area contributed by atoms with Crippen molar-refractivity contribution >= 4 is 22.6 Å². The highest BCUT2D eigenvalue weighted by Crippen LogP contribution is 2.19. The van der Waals surface area contributed by atoms with E-state index in [0.717, 1.165) is 11.3 Å². The van der Waals surface area contributed by atoms with Gasteiger partial charge >= 0.3 is 0 Å². The highest BCUT2D eigenvalue weighted by atomic mass is 35.5. The molecule has 21 heavy (non-hydrogen) atoms. The van der Waals surface area contributed by atoms with Gasteiger partial charge in [0.05, 0.1) is 23.5 Å². The Morgan fingerprint density at radius 1 is 1.14 bits per heavy atom. The number of nitrogens with zero attached hydrogens (tertiary/aromatic N) is 2. The summed E-state index contributed by atoms with van der Waals surface area (Å²) in [5.41, 5.74) is 1.48. The summed E-state index contributed by atoms with van der Waals surface area (Å²) in [5.74, 6) is 1.52. The molecule has 1 aromatic heterocycles. The van der Waals surface area contributed by atoms with Gasteiger partial charge in [0.2, 0.25) is 0 Å². The second-order valence-corrected chi connectivity index (χ2v) is 4.88. The Morgan fingerprint density at radius 3 is 2.71 bits per heavy atom. The fraction of sp³-hybridized carbons (Fsp3) is 0.188. The van der Waals surface area contributed by atoms with Crippen LogP contribution in [0.25, 0.3) is 11.0 Å². The van der Waals surface area contributed by atoms with E-state index in [0.29, 0.717) is 24.5 Å². The van der Waals surface area contributed by atoms with Gasteiger partial charge in [0.15, 0.2) is 0 Å². The standard InChI is InChI=1S/C16H14ClFN2O/c17-11-16-19-14-10-12(18)6-7-15(14)20(16)8-9-21-13-4-2-1-3-5-13/h1-7,10H,8-9,11H2. The summed E-state index contributed by atoms with van der Waals surface area (Å²) in [6.45, 7) is 1.11. The lowest BCUT2D eigenvalue weighted by molar-refractivity contribution is 0.299. The van der Waals surface area contributed by atoms with Crippen LogP contribution in [0.1, 0.15) is 5.82 Å². The van der Waals surface area contributed by atoms with Crippen LogP contribution < -0.4 is 4.74 Å². The van der Waals surface area contributed by atoms with E-state index in [9.17, 15) is 4.39 Å². The summed E-state index contributed by atoms with van der Waals surface area (Å²) in [6, 6.07) is 14.2. The first-order chi connectivity index (χ1) is 10.3. The van der Waals surface area contributed by atoms with Crippen LogP contribution in [0.5, 0.6) is 5.75 Å². The first-order valence-corrected chi connectivity index (χ1v) is 7.20. The lowest BCUT2D eigenvalue weighted by atomic mass is 10.3. The van der Waals surface area contributed by atoms with Crippen LogP contribution in [0.4, 0.5) is 4.39 Å². The fourth-order valence-corrected chi connectivity index (χ4v) is 2.48. The zero-order chi connectivity index (χ0) is 14.7. The normalized spacial score (nSPS) is 11.0. The molecule has 3 rings (SSSR count). The van der Waals surface area contributed by atoms with Crippen molar-refractivity contribution in [2.45, 2.75) is 12.4 Å². The Labute approximate surface area is 126 Å². The molecular weight excluding hydrogens is 291 g/mol. The van der Waals surface area contributed by atoms with E-state index in [1.807, 2.05) is 34.9 Å². The average Bonchev–Trinajstić information content (AvgIpc) is 2.85. The summed E-state index contributed by atoms with van der Waals surface area (Å²) < 4.78 is 20.9. The maximum atomic E-state index is 13.2. The molecule has 0 N–H and O–H groups in total. The predicted octanol–water partition coefficient (Wildman–Crippen LogP) is 3.99. The van der Waals surface area contributed by atoms with Crippen molar-refractivity contribution in [1.82, 2.24) is 9.55 Å². The smallest absolute Gasteiger partial charge is 0.125 e. The van der Waals surface area contributed by atoms with Gasteiger partial charge in [-0.3, -0.25) is 0 Å². The van der Waals surface area contributed by atoms with Crippen molar-refractivity contribution in [3.05, 3.63) is 60.2 Å². The van der Waals surface area contributed by atoms with Gasteiger partial charge in [-0.25, -0.2) is 9.37 Å². The van der Waals surface area contributed by atoms with Gasteiger partial charge in [0.25, 0.3) is 0 Å². The molecule has 1 heterocycles. The van der Waals surface area contributed by atoms with E-state index in [1.165, 1.54) is 12.1 Å². The number of imidazole rings is 1. The minimum atomic E-state index is -0.297. The largest absolute Gasteiger partial charge is 0.492 e. The molecule has 0 spiro atoms. The van der Waals surface area contributed by atoms with Gasteiger partial charge in [-0.15, -0.1) is 11.6 Å². The molecule has 0 saturated carbocycles. The number of benzene rings is 2. The molecule has 5 heteroatoms. The quantitative estimate of drug-likeness (QED) is 0.666. The summed E-state index contributed by atoms with van der Waals surface area (Å²) in [7, 11) is 0. The van der Waals surface area contributed by atoms with Crippen molar-refractivity contribution in [2.24, 2.45) is 0 Å². The van der Waals surface area contributed by atoms with Crippen LogP contribution in [0.3, 0.4) is 0 Å². The monoisotopic (exact) mass is 304 g/mol. The number of hydrogen-bond acceptors (Lipinski definition) is 2. The lowest BCUT2D eigenvalue weighted by Crippen LogP contribution is -2.10. The van der Waals surface area contributed by atoms with Crippen LogP contribution in [-0.2, 0) is 12.4 Å². The number of aromatic nitrogens is 2. The van der Waals surface area contributed by atoms with E-state index in [-0.39, 0.29) is 11.7 Å². The Hall–Kier alpha value is -2.07. The number of halogens is 2. The molecule has 0 bridgehead atoms. The van der Waals surface area contributed by atoms with Gasteiger partial charge in [-0.2, -0.15) is 0 Å². The minimum absolute atomic E-state index is 0.279. The molecule has 0 aliphatic heterocycles.